The molecule has 0 N–H and O–H groups in total. The predicted molar refractivity (Wildman–Crippen MR) is 453 cm³/mol. The van der Waals surface area contributed by atoms with Crippen LogP contribution in [0.15, 0.2) is 67.0 Å². The summed E-state index contributed by atoms with van der Waals surface area (Å²) < 4.78 is 32.7. The molecule has 105 heavy (non-hydrogen) atoms. The Hall–Kier alpha value is -2.81. The molecule has 7 heterocycles. The van der Waals surface area contributed by atoms with E-state index in [0.717, 1.165) is 104 Å². The van der Waals surface area contributed by atoms with Gasteiger partial charge in [-0.25, -0.2) is 4.98 Å². The Kier molecular flexibility index (Phi) is 49.3. The van der Waals surface area contributed by atoms with Crippen LogP contribution in [0.5, 0.6) is 5.88 Å². The quantitative estimate of drug-likeness (QED) is 0.126. The first-order valence-corrected chi connectivity index (χ1v) is 41.2. The van der Waals surface area contributed by atoms with E-state index >= 15 is 0 Å². The largest absolute Gasteiger partial charge is 0.472 e. The molecule has 6 aliphatic rings. The van der Waals surface area contributed by atoms with Crippen molar-refractivity contribution in [3.63, 3.8) is 0 Å². The lowest BCUT2D eigenvalue weighted by Crippen LogP contribution is -2.50. The number of ether oxygens (including phenoxy) is 6. The molecule has 8 rings (SSSR count). The van der Waals surface area contributed by atoms with Crippen molar-refractivity contribution in [2.75, 3.05) is 212 Å². The summed E-state index contributed by atoms with van der Waals surface area (Å²) in [6, 6.07) is 16.7. The molecule has 0 radical (unpaired) electrons. The summed E-state index contributed by atoms with van der Waals surface area (Å²) in [5.74, 6) is 1.69. The Morgan fingerprint density at radius 1 is 0.505 bits per heavy atom. The summed E-state index contributed by atoms with van der Waals surface area (Å²) in [5, 5.41) is 0. The first kappa shape index (κ1) is 100. The standard InChI is InChI=1S/C14H28N2O.C12H26N2O.C12H24N2.C12H25N.C12H18O.C10H21NO.C9H13NO.C8H19NO/c1-14(2,3)12-15-6-4-13(5-7-15)16-8-10-17-11-9-16;1-12(2,3)11-14-7-5-13(6-8-14)9-10-15-4;1-11(2)14-8-6-13(7-9-14)10-12(3,4)5;1-12(2,3)8-5-11-6-9-13(4)10-7-11;1-12(2,3)10-13-9-11-7-5-4-6-8-11;1-10(2,3)12-9-8-11-6-4-5-7-11;1-9(2,3)11-8-6-4-5-7-10-8;1-8(2,3)10-7-6-9(4)5/h13H,4-12H2,1-3H3;5-11H2,1-4H3;1,6-10H2,2-5H3;11H,5-10H2,1-4H3;4-8H,9-10H2,1-3H3;4-9H2,1-3H3;4-7H,1-3H3;6-7H2,1-5H3. The summed E-state index contributed by atoms with van der Waals surface area (Å²) in [4.78, 5) is 26.4. The lowest BCUT2D eigenvalue weighted by atomic mass is 9.83. The van der Waals surface area contributed by atoms with E-state index in [1.54, 1.807) is 13.3 Å². The van der Waals surface area contributed by atoms with Crippen molar-refractivity contribution in [2.45, 2.75) is 254 Å². The van der Waals surface area contributed by atoms with Crippen LogP contribution in [0.2, 0.25) is 0 Å². The maximum absolute atomic E-state index is 5.65. The molecule has 6 fully saturated rings. The van der Waals surface area contributed by atoms with Crippen molar-refractivity contribution in [3.8, 4) is 5.88 Å². The van der Waals surface area contributed by atoms with Gasteiger partial charge in [-0.2, -0.15) is 0 Å². The molecule has 0 aliphatic carbocycles. The van der Waals surface area contributed by atoms with Crippen LogP contribution in [0.25, 0.3) is 0 Å². The van der Waals surface area contributed by atoms with Crippen LogP contribution in [-0.4, -0.2) is 284 Å². The zero-order chi connectivity index (χ0) is 79.6. The third-order valence-electron chi connectivity index (χ3n) is 18.3. The molecule has 16 heteroatoms. The van der Waals surface area contributed by atoms with Crippen molar-refractivity contribution in [1.29, 1.82) is 0 Å². The Labute approximate surface area is 651 Å². The van der Waals surface area contributed by atoms with Gasteiger partial charge in [0.1, 0.15) is 5.60 Å². The molecule has 0 spiro atoms. The lowest BCUT2D eigenvalue weighted by Gasteiger charge is -2.41. The van der Waals surface area contributed by atoms with E-state index in [4.69, 9.17) is 28.4 Å². The fourth-order valence-electron chi connectivity index (χ4n) is 12.9. The number of hydrogen-bond acceptors (Lipinski definition) is 16. The summed E-state index contributed by atoms with van der Waals surface area (Å²) in [5.41, 5.74) is 4.40. The molecule has 0 saturated carbocycles. The number of rotatable bonds is 20. The molecular formula is C89H174N10O6. The van der Waals surface area contributed by atoms with Crippen LogP contribution in [0.1, 0.15) is 230 Å². The van der Waals surface area contributed by atoms with Gasteiger partial charge in [-0.15, -0.1) is 0 Å². The van der Waals surface area contributed by atoms with E-state index in [1.165, 1.54) is 161 Å². The van der Waals surface area contributed by atoms with E-state index < -0.39 is 0 Å². The minimum absolute atomic E-state index is 0.00993. The zero-order valence-electron chi connectivity index (χ0n) is 74.6. The van der Waals surface area contributed by atoms with Gasteiger partial charge in [-0.1, -0.05) is 147 Å². The SMILES string of the molecule is C=C(C)N1CCN(CC(C)(C)C)CC1.CC(C)(C)CN1CCC(N2CCOCC2)CC1.CC(C)(C)COCc1ccccc1.CC(C)(C)OCCN1CCCC1.CC(C)(C)Oc1ccccn1.CN(C)CCOC(C)(C)C.CN1CCC(CCC(C)(C)C)CC1.COCCN1CCN(CC(C)(C)C)CC1. The average molecular weight is 1480 g/mol. The molecule has 16 nitrogen and oxygen atoms in total. The molecule has 1 aromatic heterocycles. The maximum Gasteiger partial charge on any atom is 0.213 e. The third kappa shape index (κ3) is 61.5. The minimum atomic E-state index is -0.158. The summed E-state index contributed by atoms with van der Waals surface area (Å²) in [7, 11) is 8.11. The van der Waals surface area contributed by atoms with Gasteiger partial charge in [0.25, 0.3) is 0 Å². The Bertz CT molecular complexity index is 2370. The molecule has 2 aromatic rings. The summed E-state index contributed by atoms with van der Waals surface area (Å²) in [6.45, 7) is 91.3. The molecule has 6 saturated heterocycles. The van der Waals surface area contributed by atoms with E-state index in [-0.39, 0.29) is 22.2 Å². The van der Waals surface area contributed by atoms with Crippen LogP contribution in [0, 0.1) is 33.0 Å². The smallest absolute Gasteiger partial charge is 0.213 e. The second kappa shape index (κ2) is 51.7. The number of benzene rings is 1. The number of aromatic nitrogens is 1. The van der Waals surface area contributed by atoms with Gasteiger partial charge in [0, 0.05) is 136 Å². The highest BCUT2D eigenvalue weighted by Crippen LogP contribution is 2.29. The zero-order valence-corrected chi connectivity index (χ0v) is 74.6. The van der Waals surface area contributed by atoms with Crippen LogP contribution in [0.4, 0.5) is 0 Å². The number of methoxy groups -OCH3 is 1. The van der Waals surface area contributed by atoms with Gasteiger partial charge >= 0.3 is 0 Å². The number of piperidine rings is 2. The van der Waals surface area contributed by atoms with Gasteiger partial charge in [0.15, 0.2) is 0 Å². The van der Waals surface area contributed by atoms with Crippen molar-refractivity contribution in [2.24, 2.45) is 33.0 Å². The van der Waals surface area contributed by atoms with E-state index in [0.29, 0.717) is 27.5 Å². The molecule has 6 aliphatic heterocycles. The summed E-state index contributed by atoms with van der Waals surface area (Å²) in [6.07, 6.45) is 12.8. The number of morpholine rings is 1. The molecule has 0 amide bonds. The highest BCUT2D eigenvalue weighted by atomic mass is 16.5. The van der Waals surface area contributed by atoms with Crippen molar-refractivity contribution < 1.29 is 28.4 Å². The monoisotopic (exact) mass is 1480 g/mol. The van der Waals surface area contributed by atoms with E-state index in [1.807, 2.05) is 71.3 Å². The topological polar surface area (TPSA) is 97.4 Å². The van der Waals surface area contributed by atoms with Gasteiger partial charge in [0.05, 0.1) is 57.5 Å². The number of pyridine rings is 1. The van der Waals surface area contributed by atoms with Crippen molar-refractivity contribution >= 4 is 0 Å². The number of likely N-dealkylation sites (N-methyl/N-ethyl adjacent to an activating group) is 1. The third-order valence-corrected chi connectivity index (χ3v) is 18.3. The van der Waals surface area contributed by atoms with Crippen molar-refractivity contribution in [3.05, 3.63) is 72.6 Å². The maximum atomic E-state index is 5.65. The second-order valence-corrected chi connectivity index (χ2v) is 40.0. The Morgan fingerprint density at radius 2 is 0.962 bits per heavy atom. The Morgan fingerprint density at radius 3 is 1.39 bits per heavy atom. The minimum Gasteiger partial charge on any atom is -0.472 e. The van der Waals surface area contributed by atoms with Gasteiger partial charge < -0.3 is 57.8 Å². The number of likely N-dealkylation sites (tertiary alicyclic amines) is 3. The number of hydrogen-bond donors (Lipinski definition) is 0. The first-order chi connectivity index (χ1) is 48.6. The first-order valence-electron chi connectivity index (χ1n) is 41.2. The normalized spacial score (nSPS) is 18.7. The lowest BCUT2D eigenvalue weighted by molar-refractivity contribution is -0.0110. The molecule has 0 atom stereocenters. The van der Waals surface area contributed by atoms with E-state index in [9.17, 15) is 0 Å². The summed E-state index contributed by atoms with van der Waals surface area (Å²) >= 11 is 0. The van der Waals surface area contributed by atoms with Gasteiger partial charge in [-0.05, 0) is 226 Å². The average Bonchev–Trinajstić information content (AvgIpc) is 1.59. The molecule has 0 unspecified atom stereocenters. The molecule has 0 bridgehead atoms. The van der Waals surface area contributed by atoms with Crippen LogP contribution < -0.4 is 4.74 Å². The Balaban J connectivity index is 0.000000603. The van der Waals surface area contributed by atoms with Gasteiger partial charge in [0.2, 0.25) is 5.88 Å². The highest BCUT2D eigenvalue weighted by molar-refractivity contribution is 5.13. The molecular weight excluding hydrogens is 1310 g/mol. The predicted octanol–water partition coefficient (Wildman–Crippen LogP) is 17.2. The van der Waals surface area contributed by atoms with E-state index in [2.05, 4.69) is 227 Å². The fraction of sp³-hybridized carbons (Fsp3) is 0.854. The van der Waals surface area contributed by atoms with Crippen molar-refractivity contribution in [1.82, 2.24) is 49.1 Å². The fourth-order valence-corrected chi connectivity index (χ4v) is 12.9. The number of nitrogens with zero attached hydrogens (tertiary/aromatic N) is 10. The molecule has 1 aromatic carbocycles. The molecule has 616 valence electrons. The number of piperazine rings is 2. The number of allylic oxidation sites excluding steroid dienone is 1. The second-order valence-electron chi connectivity index (χ2n) is 40.0. The van der Waals surface area contributed by atoms with Crippen LogP contribution in [-0.2, 0) is 30.3 Å². The highest BCUT2D eigenvalue weighted by Gasteiger charge is 2.29. The van der Waals surface area contributed by atoms with Crippen LogP contribution >= 0.6 is 0 Å². The van der Waals surface area contributed by atoms with Gasteiger partial charge in [-0.3, -0.25) is 14.7 Å². The van der Waals surface area contributed by atoms with Crippen LogP contribution in [0.3, 0.4) is 0 Å².